The zero-order valence-corrected chi connectivity index (χ0v) is 18.0. The molecule has 0 bridgehead atoms. The highest BCUT2D eigenvalue weighted by molar-refractivity contribution is 7.99. The van der Waals surface area contributed by atoms with Crippen LogP contribution in [0, 0.1) is 5.82 Å². The van der Waals surface area contributed by atoms with E-state index in [-0.39, 0.29) is 17.5 Å². The lowest BCUT2D eigenvalue weighted by Crippen LogP contribution is -2.14. The Bertz CT molecular complexity index is 1180. The van der Waals surface area contributed by atoms with Crippen molar-refractivity contribution in [1.29, 1.82) is 0 Å². The summed E-state index contributed by atoms with van der Waals surface area (Å²) in [5, 5.41) is 14.5. The molecule has 3 heterocycles. The molecule has 1 aliphatic rings. The second kappa shape index (κ2) is 8.64. The number of aromatic nitrogens is 4. The number of thioether (sulfide) groups is 1. The molecule has 4 aromatic rings. The third-order valence-corrected chi connectivity index (χ3v) is 6.53. The average molecular weight is 456 g/mol. The van der Waals surface area contributed by atoms with Gasteiger partial charge in [-0.3, -0.25) is 9.36 Å². The first-order valence-electron chi connectivity index (χ1n) is 9.75. The van der Waals surface area contributed by atoms with Crippen LogP contribution in [-0.2, 0) is 11.3 Å². The Morgan fingerprint density at radius 3 is 2.84 bits per heavy atom. The molecule has 0 radical (unpaired) electrons. The van der Waals surface area contributed by atoms with E-state index in [1.807, 2.05) is 22.1 Å². The molecule has 31 heavy (non-hydrogen) atoms. The molecule has 0 atom stereocenters. The molecule has 1 N–H and O–H groups in total. The predicted molar refractivity (Wildman–Crippen MR) is 117 cm³/mol. The van der Waals surface area contributed by atoms with Gasteiger partial charge in [0.25, 0.3) is 0 Å². The highest BCUT2D eigenvalue weighted by Gasteiger charge is 2.30. The molecule has 3 aromatic heterocycles. The van der Waals surface area contributed by atoms with Crippen molar-refractivity contribution in [3.8, 4) is 11.3 Å². The number of anilines is 1. The van der Waals surface area contributed by atoms with Crippen LogP contribution in [0.25, 0.3) is 11.3 Å². The number of amides is 1. The van der Waals surface area contributed by atoms with Gasteiger partial charge < -0.3 is 9.73 Å². The minimum Gasteiger partial charge on any atom is -0.467 e. The lowest BCUT2D eigenvalue weighted by Gasteiger charge is -2.08. The van der Waals surface area contributed by atoms with Gasteiger partial charge in [-0.2, -0.15) is 0 Å². The number of carbonyl (C=O) groups is 1. The molecule has 1 saturated carbocycles. The summed E-state index contributed by atoms with van der Waals surface area (Å²) in [6.45, 7) is 0.545. The second-order valence-electron chi connectivity index (χ2n) is 7.16. The third kappa shape index (κ3) is 4.70. The number of nitrogens with zero attached hydrogens (tertiary/aromatic N) is 4. The van der Waals surface area contributed by atoms with Crippen molar-refractivity contribution in [3.05, 3.63) is 65.4 Å². The van der Waals surface area contributed by atoms with Gasteiger partial charge in [-0.15, -0.1) is 21.5 Å². The van der Waals surface area contributed by atoms with Crippen LogP contribution < -0.4 is 5.32 Å². The quantitative estimate of drug-likeness (QED) is 0.385. The molecule has 0 saturated heterocycles. The third-order valence-electron chi connectivity index (χ3n) is 4.80. The summed E-state index contributed by atoms with van der Waals surface area (Å²) in [6.07, 6.45) is 3.87. The van der Waals surface area contributed by atoms with Gasteiger partial charge in [0, 0.05) is 16.9 Å². The van der Waals surface area contributed by atoms with Crippen LogP contribution in [0.4, 0.5) is 9.52 Å². The van der Waals surface area contributed by atoms with E-state index in [1.54, 1.807) is 18.4 Å². The smallest absolute Gasteiger partial charge is 0.236 e. The predicted octanol–water partition coefficient (Wildman–Crippen LogP) is 4.79. The summed E-state index contributed by atoms with van der Waals surface area (Å²) in [6, 6.07) is 9.87. The fourth-order valence-corrected chi connectivity index (χ4v) is 4.61. The van der Waals surface area contributed by atoms with Crippen molar-refractivity contribution in [2.45, 2.75) is 30.5 Å². The molecule has 10 heteroatoms. The Morgan fingerprint density at radius 2 is 2.10 bits per heavy atom. The minimum absolute atomic E-state index is 0.175. The summed E-state index contributed by atoms with van der Waals surface area (Å²) in [4.78, 5) is 16.9. The molecule has 0 aliphatic heterocycles. The zero-order valence-electron chi connectivity index (χ0n) is 16.3. The Kier molecular flexibility index (Phi) is 5.56. The van der Waals surface area contributed by atoms with Crippen LogP contribution >= 0.6 is 23.1 Å². The van der Waals surface area contributed by atoms with Crippen LogP contribution in [0.2, 0.25) is 0 Å². The maximum Gasteiger partial charge on any atom is 0.236 e. The van der Waals surface area contributed by atoms with E-state index in [9.17, 15) is 9.18 Å². The Hall–Kier alpha value is -2.98. The standard InChI is InChI=1S/C21H18FN5O2S2/c22-15-7-5-13(6-8-15)17-11-30-20(23-17)24-18(28)12-31-21-26-25-19(14-3-4-14)27(21)10-16-2-1-9-29-16/h1-2,5-9,11,14H,3-4,10,12H2,(H,23,24,28). The highest BCUT2D eigenvalue weighted by atomic mass is 32.2. The summed E-state index contributed by atoms with van der Waals surface area (Å²) < 4.78 is 20.6. The lowest BCUT2D eigenvalue weighted by atomic mass is 10.2. The minimum atomic E-state index is -0.297. The lowest BCUT2D eigenvalue weighted by molar-refractivity contribution is -0.113. The Balaban J connectivity index is 1.22. The number of benzene rings is 1. The molecule has 0 spiro atoms. The van der Waals surface area contributed by atoms with Crippen molar-refractivity contribution in [2.75, 3.05) is 11.1 Å². The first-order chi connectivity index (χ1) is 15.2. The van der Waals surface area contributed by atoms with Gasteiger partial charge in [-0.1, -0.05) is 11.8 Å². The molecule has 7 nitrogen and oxygen atoms in total. The van der Waals surface area contributed by atoms with Gasteiger partial charge in [-0.25, -0.2) is 9.37 Å². The van der Waals surface area contributed by atoms with E-state index in [0.717, 1.165) is 30.0 Å². The molecular formula is C21H18FN5O2S2. The van der Waals surface area contributed by atoms with Gasteiger partial charge in [0.1, 0.15) is 17.4 Å². The Labute approximate surface area is 185 Å². The van der Waals surface area contributed by atoms with Crippen molar-refractivity contribution >= 4 is 34.1 Å². The highest BCUT2D eigenvalue weighted by Crippen LogP contribution is 2.40. The number of hydrogen-bond acceptors (Lipinski definition) is 7. The van der Waals surface area contributed by atoms with Crippen LogP contribution in [-0.4, -0.2) is 31.4 Å². The number of thiazole rings is 1. The van der Waals surface area contributed by atoms with Crippen molar-refractivity contribution < 1.29 is 13.6 Å². The summed E-state index contributed by atoms with van der Waals surface area (Å²) in [5.74, 6) is 1.92. The number of hydrogen-bond donors (Lipinski definition) is 1. The molecule has 1 fully saturated rings. The van der Waals surface area contributed by atoms with Crippen LogP contribution in [0.5, 0.6) is 0 Å². The van der Waals surface area contributed by atoms with Crippen molar-refractivity contribution in [1.82, 2.24) is 19.7 Å². The molecule has 0 unspecified atom stereocenters. The van der Waals surface area contributed by atoms with Gasteiger partial charge >= 0.3 is 0 Å². The number of rotatable bonds is 8. The fourth-order valence-electron chi connectivity index (χ4n) is 3.13. The van der Waals surface area contributed by atoms with Gasteiger partial charge in [0.05, 0.1) is 24.3 Å². The zero-order chi connectivity index (χ0) is 21.2. The molecule has 1 amide bonds. The molecule has 1 aliphatic carbocycles. The summed E-state index contributed by atoms with van der Waals surface area (Å²) >= 11 is 2.67. The van der Waals surface area contributed by atoms with E-state index in [2.05, 4.69) is 20.5 Å². The van der Waals surface area contributed by atoms with Gasteiger partial charge in [0.2, 0.25) is 5.91 Å². The normalized spacial score (nSPS) is 13.5. The van der Waals surface area contributed by atoms with Crippen LogP contribution in [0.1, 0.15) is 30.3 Å². The number of carbonyl (C=O) groups excluding carboxylic acids is 1. The maximum absolute atomic E-state index is 13.1. The van der Waals surface area contributed by atoms with Gasteiger partial charge in [-0.05, 0) is 49.2 Å². The Morgan fingerprint density at radius 1 is 1.26 bits per heavy atom. The van der Waals surface area contributed by atoms with E-state index in [0.29, 0.717) is 28.4 Å². The van der Waals surface area contributed by atoms with Crippen molar-refractivity contribution in [2.24, 2.45) is 0 Å². The summed E-state index contributed by atoms with van der Waals surface area (Å²) in [7, 11) is 0. The van der Waals surface area contributed by atoms with Crippen molar-refractivity contribution in [3.63, 3.8) is 0 Å². The molecule has 158 valence electrons. The van der Waals surface area contributed by atoms with E-state index in [4.69, 9.17) is 4.42 Å². The monoisotopic (exact) mass is 455 g/mol. The first kappa shape index (κ1) is 20.0. The SMILES string of the molecule is O=C(CSc1nnc(C2CC2)n1Cc1ccco1)Nc1nc(-c2ccc(F)cc2)cs1. The van der Waals surface area contributed by atoms with E-state index < -0.39 is 0 Å². The molecule has 1 aromatic carbocycles. The molecule has 5 rings (SSSR count). The summed E-state index contributed by atoms with van der Waals surface area (Å²) in [5.41, 5.74) is 1.49. The van der Waals surface area contributed by atoms with Crippen LogP contribution in [0.15, 0.2) is 57.6 Å². The first-order valence-corrected chi connectivity index (χ1v) is 11.6. The second-order valence-corrected chi connectivity index (χ2v) is 8.96. The fraction of sp³-hybridized carbons (Fsp3) is 0.238. The number of furan rings is 1. The van der Waals surface area contributed by atoms with Gasteiger partial charge in [0.15, 0.2) is 10.3 Å². The van der Waals surface area contributed by atoms with Crippen LogP contribution in [0.3, 0.4) is 0 Å². The average Bonchev–Trinajstić information content (AvgIpc) is 3.15. The van der Waals surface area contributed by atoms with E-state index >= 15 is 0 Å². The largest absolute Gasteiger partial charge is 0.467 e. The number of halogens is 1. The molecular weight excluding hydrogens is 437 g/mol. The van der Waals surface area contributed by atoms with E-state index in [1.165, 1.54) is 35.2 Å². The topological polar surface area (TPSA) is 85.8 Å². The number of nitrogens with one attached hydrogen (secondary N) is 1. The maximum atomic E-state index is 13.1.